The summed E-state index contributed by atoms with van der Waals surface area (Å²) in [6, 6.07) is 13.2. The number of benzene rings is 1. The third-order valence-electron chi connectivity index (χ3n) is 5.84. The van der Waals surface area contributed by atoms with Gasteiger partial charge in [0.25, 0.3) is 0 Å². The van der Waals surface area contributed by atoms with Gasteiger partial charge in [0.1, 0.15) is 11.6 Å². The molecule has 0 N–H and O–H groups in total. The summed E-state index contributed by atoms with van der Waals surface area (Å²) in [5.74, 6) is 1.84. The molecule has 1 aromatic carbocycles. The summed E-state index contributed by atoms with van der Waals surface area (Å²) in [5.41, 5.74) is 4.09. The zero-order valence-corrected chi connectivity index (χ0v) is 19.2. The Labute approximate surface area is 193 Å². The average Bonchev–Trinajstić information content (AvgIpc) is 3.21. The van der Waals surface area contributed by atoms with Crippen molar-refractivity contribution in [1.29, 1.82) is 0 Å². The van der Waals surface area contributed by atoms with Crippen molar-refractivity contribution in [2.45, 2.75) is 39.5 Å². The standard InChI is InChI=1S/C26H27N5O2/c1-17(2)33-21-7-4-18(5-8-21)25(32)13-20-12-23-19(14-27-20)6-9-22(29-23)24-15-28-26-16-30(3)10-11-31(24)26/h4-9,12,14-15,17H,10-11,13,16H2,1-3H3. The Morgan fingerprint density at radius 3 is 2.67 bits per heavy atom. The summed E-state index contributed by atoms with van der Waals surface area (Å²) in [5, 5.41) is 0.947. The van der Waals surface area contributed by atoms with Crippen LogP contribution in [0.3, 0.4) is 0 Å². The molecule has 1 aliphatic heterocycles. The number of carbonyl (C=O) groups excluding carboxylic acids is 1. The van der Waals surface area contributed by atoms with Crippen molar-refractivity contribution in [2.75, 3.05) is 13.6 Å². The van der Waals surface area contributed by atoms with Crippen molar-refractivity contribution in [3.63, 3.8) is 0 Å². The average molecular weight is 442 g/mol. The number of ether oxygens (including phenoxy) is 1. The van der Waals surface area contributed by atoms with Crippen molar-refractivity contribution in [3.05, 3.63) is 71.9 Å². The van der Waals surface area contributed by atoms with Crippen LogP contribution in [0.1, 0.15) is 35.7 Å². The molecule has 0 saturated carbocycles. The normalized spacial score (nSPS) is 13.9. The number of likely N-dealkylation sites (N-methyl/N-ethyl adjacent to an activating group) is 1. The fourth-order valence-corrected chi connectivity index (χ4v) is 4.14. The van der Waals surface area contributed by atoms with Gasteiger partial charge >= 0.3 is 0 Å². The van der Waals surface area contributed by atoms with E-state index >= 15 is 0 Å². The van der Waals surface area contributed by atoms with Crippen molar-refractivity contribution < 1.29 is 9.53 Å². The fraction of sp³-hybridized carbons (Fsp3) is 0.308. The molecule has 168 valence electrons. The van der Waals surface area contributed by atoms with E-state index < -0.39 is 0 Å². The minimum atomic E-state index is 0.0167. The van der Waals surface area contributed by atoms with E-state index in [1.807, 2.05) is 50.4 Å². The van der Waals surface area contributed by atoms with Gasteiger partial charge in [0.2, 0.25) is 0 Å². The third-order valence-corrected chi connectivity index (χ3v) is 5.84. The molecule has 1 aliphatic rings. The number of aromatic nitrogens is 4. The minimum absolute atomic E-state index is 0.0167. The highest BCUT2D eigenvalue weighted by molar-refractivity contribution is 5.97. The van der Waals surface area contributed by atoms with Crippen molar-refractivity contribution in [1.82, 2.24) is 24.4 Å². The van der Waals surface area contributed by atoms with Gasteiger partial charge in [-0.3, -0.25) is 14.7 Å². The molecule has 5 rings (SSSR count). The molecule has 0 bridgehead atoms. The lowest BCUT2D eigenvalue weighted by Gasteiger charge is -2.24. The van der Waals surface area contributed by atoms with Crippen LogP contribution in [0.2, 0.25) is 0 Å². The minimum Gasteiger partial charge on any atom is -0.491 e. The number of imidazole rings is 1. The third kappa shape index (κ3) is 4.50. The van der Waals surface area contributed by atoms with E-state index in [0.717, 1.165) is 53.5 Å². The zero-order valence-electron chi connectivity index (χ0n) is 19.2. The second-order valence-electron chi connectivity index (χ2n) is 8.80. The Kier molecular flexibility index (Phi) is 5.64. The molecular weight excluding hydrogens is 414 g/mol. The van der Waals surface area contributed by atoms with Crippen molar-refractivity contribution in [3.8, 4) is 17.1 Å². The second-order valence-corrected chi connectivity index (χ2v) is 8.80. The molecule has 3 aromatic heterocycles. The molecule has 0 spiro atoms. The van der Waals surface area contributed by atoms with Gasteiger partial charge in [0.15, 0.2) is 5.78 Å². The highest BCUT2D eigenvalue weighted by atomic mass is 16.5. The van der Waals surface area contributed by atoms with Gasteiger partial charge in [-0.15, -0.1) is 0 Å². The first kappa shape index (κ1) is 21.3. The predicted molar refractivity (Wildman–Crippen MR) is 127 cm³/mol. The Morgan fingerprint density at radius 2 is 1.88 bits per heavy atom. The Hall–Kier alpha value is -3.58. The maximum Gasteiger partial charge on any atom is 0.168 e. The molecule has 7 nitrogen and oxygen atoms in total. The summed E-state index contributed by atoms with van der Waals surface area (Å²) >= 11 is 0. The predicted octanol–water partition coefficient (Wildman–Crippen LogP) is 4.15. The fourth-order valence-electron chi connectivity index (χ4n) is 4.14. The molecule has 0 unspecified atom stereocenters. The number of ketones is 1. The second kappa shape index (κ2) is 8.75. The monoisotopic (exact) mass is 441 g/mol. The topological polar surface area (TPSA) is 73.1 Å². The van der Waals surface area contributed by atoms with Gasteiger partial charge in [0.05, 0.1) is 47.9 Å². The van der Waals surface area contributed by atoms with Gasteiger partial charge in [-0.2, -0.15) is 0 Å². The van der Waals surface area contributed by atoms with E-state index in [1.165, 1.54) is 0 Å². The number of carbonyl (C=O) groups is 1. The smallest absolute Gasteiger partial charge is 0.168 e. The highest BCUT2D eigenvalue weighted by Gasteiger charge is 2.19. The lowest BCUT2D eigenvalue weighted by molar-refractivity contribution is 0.0992. The van der Waals surface area contributed by atoms with Crippen LogP contribution < -0.4 is 4.74 Å². The van der Waals surface area contributed by atoms with Crippen molar-refractivity contribution >= 4 is 16.7 Å². The summed E-state index contributed by atoms with van der Waals surface area (Å²) in [6.07, 6.45) is 4.01. The molecule has 4 aromatic rings. The molecule has 0 fully saturated rings. The van der Waals surface area contributed by atoms with E-state index in [9.17, 15) is 4.79 Å². The molecule has 4 heterocycles. The van der Waals surface area contributed by atoms with E-state index in [2.05, 4.69) is 26.5 Å². The quantitative estimate of drug-likeness (QED) is 0.419. The van der Waals surface area contributed by atoms with E-state index in [4.69, 9.17) is 9.72 Å². The van der Waals surface area contributed by atoms with Crippen LogP contribution in [-0.2, 0) is 19.5 Å². The van der Waals surface area contributed by atoms with Gasteiger partial charge in [-0.1, -0.05) is 0 Å². The van der Waals surface area contributed by atoms with Crippen LogP contribution in [0, 0.1) is 0 Å². The molecular formula is C26H27N5O2. The lowest BCUT2D eigenvalue weighted by Crippen LogP contribution is -2.30. The van der Waals surface area contributed by atoms with Crippen LogP contribution in [0.5, 0.6) is 5.75 Å². The largest absolute Gasteiger partial charge is 0.491 e. The van der Waals surface area contributed by atoms with E-state index in [-0.39, 0.29) is 18.3 Å². The van der Waals surface area contributed by atoms with Gasteiger partial charge in [-0.05, 0) is 63.4 Å². The molecule has 0 radical (unpaired) electrons. The van der Waals surface area contributed by atoms with Crippen LogP contribution in [0.4, 0.5) is 0 Å². The number of nitrogens with zero attached hydrogens (tertiary/aromatic N) is 5. The van der Waals surface area contributed by atoms with Gasteiger partial charge in [-0.25, -0.2) is 9.97 Å². The Balaban J connectivity index is 1.38. The molecule has 0 aliphatic carbocycles. The number of rotatable bonds is 6. The highest BCUT2D eigenvalue weighted by Crippen LogP contribution is 2.25. The SMILES string of the molecule is CC(C)Oc1ccc(C(=O)Cc2cc3nc(-c4cnc5n4CCN(C)C5)ccc3cn2)cc1. The van der Waals surface area contributed by atoms with Gasteiger partial charge < -0.3 is 9.30 Å². The number of hydrogen-bond acceptors (Lipinski definition) is 6. The Morgan fingerprint density at radius 1 is 1.06 bits per heavy atom. The maximum atomic E-state index is 12.8. The molecule has 33 heavy (non-hydrogen) atoms. The summed E-state index contributed by atoms with van der Waals surface area (Å²) in [6.45, 7) is 6.69. The van der Waals surface area contributed by atoms with Crippen LogP contribution in [0.25, 0.3) is 22.3 Å². The van der Waals surface area contributed by atoms with E-state index in [1.54, 1.807) is 18.3 Å². The molecule has 7 heteroatoms. The Bertz CT molecular complexity index is 1310. The number of Topliss-reactive ketones (excluding diaryl/α,β-unsaturated/α-hetero) is 1. The first-order chi connectivity index (χ1) is 16.0. The van der Waals surface area contributed by atoms with Crippen LogP contribution in [-0.4, -0.2) is 49.9 Å². The lowest BCUT2D eigenvalue weighted by atomic mass is 10.1. The number of fused-ring (bicyclic) bond motifs is 2. The van der Waals surface area contributed by atoms with Crippen molar-refractivity contribution in [2.24, 2.45) is 0 Å². The van der Waals surface area contributed by atoms with E-state index in [0.29, 0.717) is 11.3 Å². The van der Waals surface area contributed by atoms with Crippen LogP contribution >= 0.6 is 0 Å². The summed E-state index contributed by atoms with van der Waals surface area (Å²) in [7, 11) is 2.11. The molecule has 0 atom stereocenters. The van der Waals surface area contributed by atoms with Crippen LogP contribution in [0.15, 0.2) is 54.9 Å². The number of pyridine rings is 2. The number of hydrogen-bond donors (Lipinski definition) is 0. The van der Waals surface area contributed by atoms with Gasteiger partial charge in [0, 0.05) is 30.2 Å². The molecule has 0 amide bonds. The maximum absolute atomic E-state index is 12.8. The first-order valence-corrected chi connectivity index (χ1v) is 11.2. The first-order valence-electron chi connectivity index (χ1n) is 11.2. The summed E-state index contributed by atoms with van der Waals surface area (Å²) in [4.78, 5) is 29.0. The zero-order chi connectivity index (χ0) is 22.9. The summed E-state index contributed by atoms with van der Waals surface area (Å²) < 4.78 is 7.90. The molecule has 0 saturated heterocycles.